The van der Waals surface area contributed by atoms with E-state index in [-0.39, 0.29) is 5.91 Å². The molecular formula is C17H18N2O. The van der Waals surface area contributed by atoms with Crippen LogP contribution in [0.4, 0.5) is 0 Å². The van der Waals surface area contributed by atoms with Crippen molar-refractivity contribution in [3.8, 4) is 0 Å². The van der Waals surface area contributed by atoms with Crippen LogP contribution in [-0.2, 0) is 6.54 Å². The third kappa shape index (κ3) is 1.95. The molecule has 0 atom stereocenters. The van der Waals surface area contributed by atoms with Crippen LogP contribution >= 0.6 is 0 Å². The van der Waals surface area contributed by atoms with E-state index in [2.05, 4.69) is 30.5 Å². The number of rotatable bonds is 3. The van der Waals surface area contributed by atoms with Crippen LogP contribution in [0.2, 0.25) is 0 Å². The van der Waals surface area contributed by atoms with E-state index >= 15 is 0 Å². The average molecular weight is 266 g/mol. The number of amides is 1. The smallest absolute Gasteiger partial charge is 0.248 e. The Morgan fingerprint density at radius 1 is 1.10 bits per heavy atom. The Kier molecular flexibility index (Phi) is 2.97. The fourth-order valence-electron chi connectivity index (χ4n) is 2.77. The van der Waals surface area contributed by atoms with Crippen LogP contribution in [0.25, 0.3) is 21.8 Å². The summed E-state index contributed by atoms with van der Waals surface area (Å²) in [6.07, 6.45) is 0. The van der Waals surface area contributed by atoms with E-state index in [0.717, 1.165) is 17.4 Å². The Bertz CT molecular complexity index is 799. The lowest BCUT2D eigenvalue weighted by molar-refractivity contribution is 0.100. The number of benzene rings is 2. The van der Waals surface area contributed by atoms with Crippen molar-refractivity contribution in [1.82, 2.24) is 4.57 Å². The molecule has 0 spiro atoms. The molecule has 102 valence electrons. The van der Waals surface area contributed by atoms with Crippen LogP contribution in [0.1, 0.15) is 24.2 Å². The zero-order chi connectivity index (χ0) is 14.3. The zero-order valence-electron chi connectivity index (χ0n) is 11.8. The van der Waals surface area contributed by atoms with Gasteiger partial charge < -0.3 is 10.3 Å². The number of fused-ring (bicyclic) bond motifs is 3. The molecule has 2 N–H and O–H groups in total. The van der Waals surface area contributed by atoms with Crippen molar-refractivity contribution in [2.45, 2.75) is 20.4 Å². The molecule has 3 aromatic rings. The molecule has 0 radical (unpaired) electrons. The van der Waals surface area contributed by atoms with Crippen molar-refractivity contribution < 1.29 is 4.79 Å². The Morgan fingerprint density at radius 2 is 1.80 bits per heavy atom. The summed E-state index contributed by atoms with van der Waals surface area (Å²) in [6.45, 7) is 5.37. The first-order valence-electron chi connectivity index (χ1n) is 6.88. The number of aromatic nitrogens is 1. The molecule has 0 unspecified atom stereocenters. The van der Waals surface area contributed by atoms with Gasteiger partial charge in [0.15, 0.2) is 0 Å². The van der Waals surface area contributed by atoms with Gasteiger partial charge in [-0.25, -0.2) is 0 Å². The number of nitrogens with two attached hydrogens (primary N) is 1. The molecule has 0 fully saturated rings. The van der Waals surface area contributed by atoms with Gasteiger partial charge in [0.2, 0.25) is 5.91 Å². The monoisotopic (exact) mass is 266 g/mol. The molecule has 3 nitrogen and oxygen atoms in total. The number of carbonyl (C=O) groups excluding carboxylic acids is 1. The number of nitrogens with zero attached hydrogens (tertiary/aromatic N) is 1. The summed E-state index contributed by atoms with van der Waals surface area (Å²) >= 11 is 0. The second-order valence-corrected chi connectivity index (χ2v) is 5.62. The van der Waals surface area contributed by atoms with Crippen LogP contribution in [0.5, 0.6) is 0 Å². The fraction of sp³-hybridized carbons (Fsp3) is 0.235. The highest BCUT2D eigenvalue weighted by Gasteiger charge is 2.12. The molecule has 3 heteroatoms. The summed E-state index contributed by atoms with van der Waals surface area (Å²) in [5.74, 6) is 0.178. The Hall–Kier alpha value is -2.29. The highest BCUT2D eigenvalue weighted by molar-refractivity contribution is 6.10. The summed E-state index contributed by atoms with van der Waals surface area (Å²) in [5.41, 5.74) is 8.31. The Labute approximate surface area is 118 Å². The van der Waals surface area contributed by atoms with E-state index in [0.29, 0.717) is 11.5 Å². The minimum Gasteiger partial charge on any atom is -0.366 e. The van der Waals surface area contributed by atoms with Gasteiger partial charge in [-0.3, -0.25) is 4.79 Å². The Balaban J connectivity index is 2.38. The largest absolute Gasteiger partial charge is 0.366 e. The lowest BCUT2D eigenvalue weighted by Crippen LogP contribution is -2.10. The third-order valence-corrected chi connectivity index (χ3v) is 3.60. The maximum Gasteiger partial charge on any atom is 0.248 e. The first kappa shape index (κ1) is 12.7. The molecule has 1 heterocycles. The maximum atomic E-state index is 11.4. The molecule has 0 aliphatic rings. The molecule has 2 aromatic carbocycles. The minimum atomic E-state index is -0.382. The van der Waals surface area contributed by atoms with Crippen LogP contribution in [-0.4, -0.2) is 10.5 Å². The number of carbonyl (C=O) groups is 1. The van der Waals surface area contributed by atoms with Crippen molar-refractivity contribution in [3.05, 3.63) is 48.0 Å². The highest BCUT2D eigenvalue weighted by atomic mass is 16.1. The summed E-state index contributed by atoms with van der Waals surface area (Å²) in [7, 11) is 0. The molecule has 0 aliphatic carbocycles. The Morgan fingerprint density at radius 3 is 2.50 bits per heavy atom. The second kappa shape index (κ2) is 4.67. The van der Waals surface area contributed by atoms with Crippen molar-refractivity contribution in [3.63, 3.8) is 0 Å². The number of primary amides is 1. The van der Waals surface area contributed by atoms with Gasteiger partial charge in [-0.15, -0.1) is 0 Å². The van der Waals surface area contributed by atoms with Crippen LogP contribution in [0.15, 0.2) is 42.5 Å². The van der Waals surface area contributed by atoms with Crippen molar-refractivity contribution >= 4 is 27.7 Å². The predicted octanol–water partition coefficient (Wildman–Crippen LogP) is 3.55. The lowest BCUT2D eigenvalue weighted by atomic mass is 10.1. The highest BCUT2D eigenvalue weighted by Crippen LogP contribution is 2.30. The van der Waals surface area contributed by atoms with Crippen LogP contribution in [0, 0.1) is 5.92 Å². The van der Waals surface area contributed by atoms with Crippen molar-refractivity contribution in [2.24, 2.45) is 11.7 Å². The van der Waals surface area contributed by atoms with Crippen molar-refractivity contribution in [2.75, 3.05) is 0 Å². The number of hydrogen-bond donors (Lipinski definition) is 1. The molecule has 0 bridgehead atoms. The van der Waals surface area contributed by atoms with Crippen LogP contribution < -0.4 is 5.73 Å². The SMILES string of the molecule is CC(C)Cn1c2ccccc2c2cc(C(N)=O)ccc21. The maximum absolute atomic E-state index is 11.4. The molecule has 0 saturated heterocycles. The van der Waals surface area contributed by atoms with Gasteiger partial charge in [0, 0.05) is 33.9 Å². The third-order valence-electron chi connectivity index (χ3n) is 3.60. The van der Waals surface area contributed by atoms with Crippen molar-refractivity contribution in [1.29, 1.82) is 0 Å². The first-order chi connectivity index (χ1) is 9.58. The summed E-state index contributed by atoms with van der Waals surface area (Å²) < 4.78 is 2.32. The summed E-state index contributed by atoms with van der Waals surface area (Å²) in [5, 5.41) is 2.27. The van der Waals surface area contributed by atoms with Gasteiger partial charge in [-0.05, 0) is 30.2 Å². The second-order valence-electron chi connectivity index (χ2n) is 5.62. The van der Waals surface area contributed by atoms with E-state index in [1.165, 1.54) is 10.9 Å². The fourth-order valence-corrected chi connectivity index (χ4v) is 2.77. The van der Waals surface area contributed by atoms with Gasteiger partial charge in [-0.1, -0.05) is 32.0 Å². The van der Waals surface area contributed by atoms with E-state index in [1.807, 2.05) is 24.3 Å². The zero-order valence-corrected chi connectivity index (χ0v) is 11.8. The quantitative estimate of drug-likeness (QED) is 0.774. The molecule has 0 aliphatic heterocycles. The normalized spacial score (nSPS) is 11.6. The molecule has 20 heavy (non-hydrogen) atoms. The predicted molar refractivity (Wildman–Crippen MR) is 82.8 cm³/mol. The molecular weight excluding hydrogens is 248 g/mol. The topological polar surface area (TPSA) is 48.0 Å². The van der Waals surface area contributed by atoms with Gasteiger partial charge in [0.05, 0.1) is 0 Å². The summed E-state index contributed by atoms with van der Waals surface area (Å²) in [6, 6.07) is 14.0. The lowest BCUT2D eigenvalue weighted by Gasteiger charge is -2.10. The van der Waals surface area contributed by atoms with Gasteiger partial charge in [0.25, 0.3) is 0 Å². The average Bonchev–Trinajstić information content (AvgIpc) is 2.73. The van der Waals surface area contributed by atoms with E-state index < -0.39 is 0 Å². The van der Waals surface area contributed by atoms with Gasteiger partial charge in [0.1, 0.15) is 0 Å². The molecule has 0 saturated carbocycles. The van der Waals surface area contributed by atoms with Gasteiger partial charge >= 0.3 is 0 Å². The minimum absolute atomic E-state index is 0.382. The first-order valence-corrected chi connectivity index (χ1v) is 6.88. The standard InChI is InChI=1S/C17H18N2O/c1-11(2)10-19-15-6-4-3-5-13(15)14-9-12(17(18)20)7-8-16(14)19/h3-9,11H,10H2,1-2H3,(H2,18,20). The van der Waals surface area contributed by atoms with E-state index in [1.54, 1.807) is 6.07 Å². The molecule has 1 aromatic heterocycles. The van der Waals surface area contributed by atoms with E-state index in [9.17, 15) is 4.79 Å². The van der Waals surface area contributed by atoms with Crippen LogP contribution in [0.3, 0.4) is 0 Å². The molecule has 1 amide bonds. The van der Waals surface area contributed by atoms with Gasteiger partial charge in [-0.2, -0.15) is 0 Å². The van der Waals surface area contributed by atoms with E-state index in [4.69, 9.17) is 5.73 Å². The summed E-state index contributed by atoms with van der Waals surface area (Å²) in [4.78, 5) is 11.4. The molecule has 3 rings (SSSR count). The number of hydrogen-bond acceptors (Lipinski definition) is 1. The number of para-hydroxylation sites is 1.